The van der Waals surface area contributed by atoms with Gasteiger partial charge < -0.3 is 10.6 Å². The highest BCUT2D eigenvalue weighted by Crippen LogP contribution is 2.29. The van der Waals surface area contributed by atoms with Crippen molar-refractivity contribution in [3.63, 3.8) is 0 Å². The molecule has 0 saturated carbocycles. The number of fused-ring (bicyclic) bond motifs is 2. The van der Waals surface area contributed by atoms with Gasteiger partial charge in [-0.05, 0) is 41.2 Å². The predicted molar refractivity (Wildman–Crippen MR) is 119 cm³/mol. The number of aromatic nitrogens is 5. The van der Waals surface area contributed by atoms with Gasteiger partial charge in [-0.3, -0.25) is 9.36 Å². The Balaban J connectivity index is 1.82. The molecule has 0 aliphatic heterocycles. The van der Waals surface area contributed by atoms with E-state index in [-0.39, 0.29) is 29.4 Å². The normalized spacial score (nSPS) is 11.2. The number of nitrogens with two attached hydrogens (primary N) is 1. The summed E-state index contributed by atoms with van der Waals surface area (Å²) in [6.07, 6.45) is 1.29. The van der Waals surface area contributed by atoms with E-state index in [1.54, 1.807) is 18.2 Å². The lowest BCUT2D eigenvalue weighted by atomic mass is 10.1. The van der Waals surface area contributed by atoms with Crippen LogP contribution in [-0.4, -0.2) is 24.3 Å². The van der Waals surface area contributed by atoms with Gasteiger partial charge in [-0.15, -0.1) is 0 Å². The van der Waals surface area contributed by atoms with Crippen LogP contribution in [0.15, 0.2) is 59.7 Å². The first-order valence-corrected chi connectivity index (χ1v) is 9.73. The Hall–Kier alpha value is -4.58. The van der Waals surface area contributed by atoms with Crippen LogP contribution < -0.4 is 11.3 Å². The molecule has 8 nitrogen and oxygen atoms in total. The number of nitrogens with zero attached hydrogens (tertiary/aromatic N) is 6. The van der Waals surface area contributed by atoms with Crippen LogP contribution in [-0.2, 0) is 6.54 Å². The van der Waals surface area contributed by atoms with E-state index in [9.17, 15) is 9.18 Å². The number of para-hydroxylation sites is 1. The molecule has 2 N–H and O–H groups in total. The van der Waals surface area contributed by atoms with Crippen LogP contribution in [0.3, 0.4) is 0 Å². The molecule has 0 fully saturated rings. The molecule has 0 aliphatic rings. The summed E-state index contributed by atoms with van der Waals surface area (Å²) in [4.78, 5) is 25.2. The molecule has 9 heteroatoms. The molecule has 5 rings (SSSR count). The maximum Gasteiger partial charge on any atom is 0.308 e. The van der Waals surface area contributed by atoms with Gasteiger partial charge in [0, 0.05) is 0 Å². The predicted octanol–water partition coefficient (Wildman–Crippen LogP) is 3.76. The highest BCUT2D eigenvalue weighted by Gasteiger charge is 2.21. The summed E-state index contributed by atoms with van der Waals surface area (Å²) in [6, 6.07) is 13.5. The number of aryl methyl sites for hydroxylation is 1. The molecular weight excluding hydrogens is 409 g/mol. The highest BCUT2D eigenvalue weighted by molar-refractivity contribution is 5.96. The first kappa shape index (κ1) is 19.4. The smallest absolute Gasteiger partial charge is 0.308 e. The molecule has 0 saturated heterocycles. The van der Waals surface area contributed by atoms with Crippen molar-refractivity contribution >= 4 is 33.4 Å². The average molecular weight is 425 g/mol. The third-order valence-corrected chi connectivity index (χ3v) is 5.38. The largest absolute Gasteiger partial charge is 0.384 e. The van der Waals surface area contributed by atoms with Crippen molar-refractivity contribution in [1.29, 1.82) is 0 Å². The lowest BCUT2D eigenvalue weighted by molar-refractivity contribution is 0.607. The van der Waals surface area contributed by atoms with Crippen LogP contribution in [0.25, 0.3) is 32.3 Å². The summed E-state index contributed by atoms with van der Waals surface area (Å²) in [5.74, 6) is -0.315. The second-order valence-electron chi connectivity index (χ2n) is 7.32. The second kappa shape index (κ2) is 7.28. The molecule has 0 bridgehead atoms. The van der Waals surface area contributed by atoms with Gasteiger partial charge in [-0.25, -0.2) is 14.4 Å². The molecule has 2 aromatic carbocycles. The Morgan fingerprint density at radius 2 is 1.94 bits per heavy atom. The molecule has 0 spiro atoms. The van der Waals surface area contributed by atoms with Gasteiger partial charge in [0.15, 0.2) is 5.65 Å². The first-order chi connectivity index (χ1) is 15.5. The number of rotatable bonds is 3. The van der Waals surface area contributed by atoms with E-state index in [1.165, 1.54) is 21.6 Å². The zero-order chi connectivity index (χ0) is 22.4. The van der Waals surface area contributed by atoms with E-state index in [1.807, 2.05) is 31.2 Å². The number of pyridine rings is 1. The van der Waals surface area contributed by atoms with Crippen LogP contribution in [0, 0.1) is 19.3 Å². The Bertz CT molecular complexity index is 1630. The number of halogens is 1. The fourth-order valence-corrected chi connectivity index (χ4v) is 3.96. The molecule has 0 aliphatic carbocycles. The van der Waals surface area contributed by atoms with Crippen molar-refractivity contribution in [2.45, 2.75) is 13.5 Å². The standard InChI is InChI=1S/C23H16FN7O/c1-13-6-5-7-14-10-15(31(23(32)18(13)14)17-9-4-3-8-16(17)24)11-30-22-19(21(26-2)29-30)20(25)27-12-28-22/h3-10,12H,11H2,1H3,(H2,25,27,28). The molecular formula is C23H16FN7O. The third-order valence-electron chi connectivity index (χ3n) is 5.38. The van der Waals surface area contributed by atoms with E-state index in [0.717, 1.165) is 10.9 Å². The van der Waals surface area contributed by atoms with Crippen LogP contribution in [0.4, 0.5) is 16.0 Å². The molecule has 3 aromatic heterocycles. The van der Waals surface area contributed by atoms with E-state index < -0.39 is 5.82 Å². The topological polar surface area (TPSA) is 96.0 Å². The monoisotopic (exact) mass is 425 g/mol. The quantitative estimate of drug-likeness (QED) is 0.444. The van der Waals surface area contributed by atoms with Gasteiger partial charge in [0.25, 0.3) is 5.56 Å². The van der Waals surface area contributed by atoms with Crippen molar-refractivity contribution in [2.75, 3.05) is 5.73 Å². The second-order valence-corrected chi connectivity index (χ2v) is 7.32. The lowest BCUT2D eigenvalue weighted by Gasteiger charge is -2.16. The summed E-state index contributed by atoms with van der Waals surface area (Å²) in [5.41, 5.74) is 7.38. The summed E-state index contributed by atoms with van der Waals surface area (Å²) >= 11 is 0. The summed E-state index contributed by atoms with van der Waals surface area (Å²) in [7, 11) is 0. The Kier molecular flexibility index (Phi) is 4.41. The zero-order valence-corrected chi connectivity index (χ0v) is 17.0. The van der Waals surface area contributed by atoms with E-state index >= 15 is 0 Å². The highest BCUT2D eigenvalue weighted by atomic mass is 19.1. The minimum absolute atomic E-state index is 0.0644. The molecule has 32 heavy (non-hydrogen) atoms. The molecule has 0 atom stereocenters. The third kappa shape index (κ3) is 2.89. The van der Waals surface area contributed by atoms with Gasteiger partial charge in [-0.1, -0.05) is 36.9 Å². The summed E-state index contributed by atoms with van der Waals surface area (Å²) in [5, 5.41) is 5.91. The van der Waals surface area contributed by atoms with Crippen molar-refractivity contribution in [2.24, 2.45) is 0 Å². The van der Waals surface area contributed by atoms with Crippen molar-refractivity contribution in [3.05, 3.63) is 93.7 Å². The zero-order valence-electron chi connectivity index (χ0n) is 17.0. The summed E-state index contributed by atoms with van der Waals surface area (Å²) < 4.78 is 17.6. The van der Waals surface area contributed by atoms with Crippen LogP contribution in [0.1, 0.15) is 11.3 Å². The molecule has 3 heterocycles. The minimum Gasteiger partial charge on any atom is -0.384 e. The first-order valence-electron chi connectivity index (χ1n) is 9.73. The fourth-order valence-electron chi connectivity index (χ4n) is 3.96. The Morgan fingerprint density at radius 1 is 1.12 bits per heavy atom. The maximum atomic E-state index is 14.8. The fraction of sp³-hybridized carbons (Fsp3) is 0.0870. The maximum absolute atomic E-state index is 14.8. The van der Waals surface area contributed by atoms with Crippen LogP contribution in [0.5, 0.6) is 0 Å². The van der Waals surface area contributed by atoms with Crippen molar-refractivity contribution in [3.8, 4) is 5.69 Å². The van der Waals surface area contributed by atoms with E-state index in [4.69, 9.17) is 12.3 Å². The summed E-state index contributed by atoms with van der Waals surface area (Å²) in [6.45, 7) is 9.33. The van der Waals surface area contributed by atoms with Gasteiger partial charge in [0.05, 0.1) is 22.2 Å². The van der Waals surface area contributed by atoms with Crippen molar-refractivity contribution < 1.29 is 4.39 Å². The van der Waals surface area contributed by atoms with Gasteiger partial charge in [-0.2, -0.15) is 4.68 Å². The Labute approximate surface area is 181 Å². The van der Waals surface area contributed by atoms with Crippen LogP contribution in [0.2, 0.25) is 0 Å². The number of nitrogen functional groups attached to an aromatic ring is 1. The Morgan fingerprint density at radius 3 is 2.72 bits per heavy atom. The van der Waals surface area contributed by atoms with Gasteiger partial charge in [0.2, 0.25) is 0 Å². The molecule has 0 amide bonds. The molecule has 0 radical (unpaired) electrons. The van der Waals surface area contributed by atoms with E-state index in [2.05, 4.69) is 19.9 Å². The number of hydrogen-bond donors (Lipinski definition) is 1. The van der Waals surface area contributed by atoms with Crippen molar-refractivity contribution in [1.82, 2.24) is 24.3 Å². The number of anilines is 1. The molecule has 5 aromatic rings. The minimum atomic E-state index is -0.525. The van der Waals surface area contributed by atoms with Gasteiger partial charge in [0.1, 0.15) is 24.5 Å². The number of benzene rings is 2. The lowest BCUT2D eigenvalue weighted by Crippen LogP contribution is -2.25. The molecule has 156 valence electrons. The van der Waals surface area contributed by atoms with E-state index in [0.29, 0.717) is 22.1 Å². The SMILES string of the molecule is [C-]#[N+]c1nn(Cc2cc3cccc(C)c3c(=O)n2-c2ccccc2F)c2ncnc(N)c12. The molecule has 0 unspecified atom stereocenters. The number of hydrogen-bond acceptors (Lipinski definition) is 5. The average Bonchev–Trinajstić information content (AvgIpc) is 3.14. The van der Waals surface area contributed by atoms with Crippen LogP contribution >= 0.6 is 0 Å². The van der Waals surface area contributed by atoms with Gasteiger partial charge >= 0.3 is 5.82 Å².